The number of hydrogen-bond acceptors (Lipinski definition) is 7. The van der Waals surface area contributed by atoms with Gasteiger partial charge >= 0.3 is 0 Å². The van der Waals surface area contributed by atoms with Crippen LogP contribution in [-0.2, 0) is 0 Å². The van der Waals surface area contributed by atoms with Gasteiger partial charge in [0.1, 0.15) is 6.33 Å². The van der Waals surface area contributed by atoms with Crippen molar-refractivity contribution in [3.63, 3.8) is 0 Å². The molecule has 0 fully saturated rings. The molecule has 4 rings (SSSR count). The highest BCUT2D eigenvalue weighted by atomic mass is 32.1. The summed E-state index contributed by atoms with van der Waals surface area (Å²) >= 11 is 3.22. The number of thiophene rings is 2. The fraction of sp³-hybridized carbons (Fsp3) is 0. The van der Waals surface area contributed by atoms with Crippen LogP contribution in [0.3, 0.4) is 0 Å². The van der Waals surface area contributed by atoms with Crippen molar-refractivity contribution in [3.8, 4) is 0 Å². The Balaban J connectivity index is 1.64. The Morgan fingerprint density at radius 3 is 2.50 bits per heavy atom. The van der Waals surface area contributed by atoms with Gasteiger partial charge in [0.2, 0.25) is 0 Å². The first-order chi connectivity index (χ1) is 10.9. The summed E-state index contributed by atoms with van der Waals surface area (Å²) in [5, 5.41) is 20.6. The van der Waals surface area contributed by atoms with Crippen LogP contribution in [0.15, 0.2) is 51.4 Å². The van der Waals surface area contributed by atoms with E-state index in [2.05, 4.69) is 25.4 Å². The highest BCUT2D eigenvalue weighted by Crippen LogP contribution is 2.12. The number of fused-ring (bicyclic) bond motifs is 1. The van der Waals surface area contributed by atoms with E-state index in [0.717, 1.165) is 9.75 Å². The van der Waals surface area contributed by atoms with Crippen LogP contribution in [0, 0.1) is 0 Å². The Kier molecular flexibility index (Phi) is 3.33. The zero-order valence-electron chi connectivity index (χ0n) is 11.1. The average Bonchev–Trinajstić information content (AvgIpc) is 3.28. The Hall–Kier alpha value is -2.65. The van der Waals surface area contributed by atoms with Crippen LogP contribution in [0.5, 0.6) is 0 Å². The summed E-state index contributed by atoms with van der Waals surface area (Å²) in [5.41, 5.74) is 0. The predicted molar refractivity (Wildman–Crippen MR) is 87.7 cm³/mol. The fourth-order valence-electron chi connectivity index (χ4n) is 1.79. The summed E-state index contributed by atoms with van der Waals surface area (Å²) in [6.07, 6.45) is 5.09. The standard InChI is InChI=1S/C13H9N7S2/c1-3-10(21-5-1)7-14-12-17-18-13-19(9-16-20(12)13)15-8-11-4-2-6-22-11/h1-9H/b14-7?,15-8+. The summed E-state index contributed by atoms with van der Waals surface area (Å²) in [7, 11) is 0. The molecule has 0 atom stereocenters. The molecule has 0 saturated carbocycles. The Bertz CT molecular complexity index is 850. The van der Waals surface area contributed by atoms with E-state index in [0.29, 0.717) is 11.7 Å². The first-order valence-corrected chi connectivity index (χ1v) is 8.10. The van der Waals surface area contributed by atoms with Crippen molar-refractivity contribution >= 4 is 46.8 Å². The summed E-state index contributed by atoms with van der Waals surface area (Å²) in [6.45, 7) is 0. The van der Waals surface area contributed by atoms with Gasteiger partial charge in [0.15, 0.2) is 0 Å². The lowest BCUT2D eigenvalue weighted by molar-refractivity contribution is 0.883. The summed E-state index contributed by atoms with van der Waals surface area (Å²) in [6, 6.07) is 7.92. The number of nitrogens with zero attached hydrogens (tertiary/aromatic N) is 7. The lowest BCUT2D eigenvalue weighted by Crippen LogP contribution is -1.89. The van der Waals surface area contributed by atoms with Crippen molar-refractivity contribution in [2.24, 2.45) is 10.1 Å². The van der Waals surface area contributed by atoms with Crippen LogP contribution >= 0.6 is 22.7 Å². The summed E-state index contributed by atoms with van der Waals surface area (Å²) in [5.74, 6) is 0.944. The molecule has 4 aromatic rings. The predicted octanol–water partition coefficient (Wildman–Crippen LogP) is 2.68. The van der Waals surface area contributed by atoms with Gasteiger partial charge in [-0.2, -0.15) is 14.3 Å². The van der Waals surface area contributed by atoms with Gasteiger partial charge in [0.25, 0.3) is 11.7 Å². The van der Waals surface area contributed by atoms with Gasteiger partial charge in [-0.1, -0.05) is 12.1 Å². The molecular weight excluding hydrogens is 318 g/mol. The normalized spacial score (nSPS) is 12.2. The van der Waals surface area contributed by atoms with Crippen molar-refractivity contribution in [1.29, 1.82) is 0 Å². The molecule has 0 spiro atoms. The van der Waals surface area contributed by atoms with E-state index in [-0.39, 0.29) is 0 Å². The molecule has 22 heavy (non-hydrogen) atoms. The topological polar surface area (TPSA) is 72.7 Å². The second-order valence-electron chi connectivity index (χ2n) is 4.22. The number of rotatable bonds is 4. The molecule has 0 amide bonds. The lowest BCUT2D eigenvalue weighted by Gasteiger charge is -1.88. The maximum Gasteiger partial charge on any atom is 0.276 e. The Labute approximate surface area is 132 Å². The first kappa shape index (κ1) is 13.0. The van der Waals surface area contributed by atoms with Gasteiger partial charge in [-0.25, -0.2) is 4.99 Å². The smallest absolute Gasteiger partial charge is 0.217 e. The Morgan fingerprint density at radius 1 is 1.00 bits per heavy atom. The molecule has 0 radical (unpaired) electrons. The van der Waals surface area contributed by atoms with E-state index in [4.69, 9.17) is 0 Å². The SMILES string of the molecule is C(=Nc1nnc2n(/N=C/c3cccs3)cnn12)c1cccs1. The third-order valence-electron chi connectivity index (χ3n) is 2.79. The van der Waals surface area contributed by atoms with E-state index >= 15 is 0 Å². The van der Waals surface area contributed by atoms with Gasteiger partial charge < -0.3 is 0 Å². The quantitative estimate of drug-likeness (QED) is 0.541. The summed E-state index contributed by atoms with van der Waals surface area (Å²) < 4.78 is 3.12. The van der Waals surface area contributed by atoms with Crippen LogP contribution in [0.4, 0.5) is 5.95 Å². The van der Waals surface area contributed by atoms with Crippen molar-refractivity contribution in [3.05, 3.63) is 51.1 Å². The number of aromatic nitrogens is 5. The van der Waals surface area contributed by atoms with Crippen molar-refractivity contribution in [1.82, 2.24) is 24.5 Å². The van der Waals surface area contributed by atoms with Crippen molar-refractivity contribution in [2.75, 3.05) is 0 Å². The van der Waals surface area contributed by atoms with E-state index in [1.807, 2.05) is 35.0 Å². The van der Waals surface area contributed by atoms with Gasteiger partial charge in [-0.05, 0) is 22.9 Å². The minimum atomic E-state index is 0.425. The highest BCUT2D eigenvalue weighted by Gasteiger charge is 2.09. The zero-order chi connectivity index (χ0) is 14.8. The second kappa shape index (κ2) is 5.62. The van der Waals surface area contributed by atoms with Crippen LogP contribution in [-0.4, -0.2) is 36.9 Å². The molecule has 7 nitrogen and oxygen atoms in total. The zero-order valence-corrected chi connectivity index (χ0v) is 12.8. The van der Waals surface area contributed by atoms with Crippen LogP contribution in [0.1, 0.15) is 9.75 Å². The minimum absolute atomic E-state index is 0.425. The van der Waals surface area contributed by atoms with Gasteiger partial charge in [0, 0.05) is 16.0 Å². The minimum Gasteiger partial charge on any atom is -0.217 e. The van der Waals surface area contributed by atoms with E-state index in [1.54, 1.807) is 50.6 Å². The molecule has 0 bridgehead atoms. The largest absolute Gasteiger partial charge is 0.276 e. The highest BCUT2D eigenvalue weighted by molar-refractivity contribution is 7.12. The molecule has 9 heteroatoms. The van der Waals surface area contributed by atoms with E-state index < -0.39 is 0 Å². The molecule has 0 N–H and O–H groups in total. The summed E-state index contributed by atoms with van der Waals surface area (Å²) in [4.78, 5) is 6.42. The third kappa shape index (κ3) is 2.47. The molecule has 4 heterocycles. The molecule has 0 aliphatic heterocycles. The third-order valence-corrected chi connectivity index (χ3v) is 4.41. The fourth-order valence-corrected chi connectivity index (χ4v) is 2.96. The first-order valence-electron chi connectivity index (χ1n) is 6.34. The molecule has 108 valence electrons. The van der Waals surface area contributed by atoms with Gasteiger partial charge in [-0.15, -0.1) is 38.0 Å². The van der Waals surface area contributed by atoms with Crippen LogP contribution in [0.2, 0.25) is 0 Å². The monoisotopic (exact) mass is 327 g/mol. The van der Waals surface area contributed by atoms with Crippen LogP contribution in [0.25, 0.3) is 5.78 Å². The molecule has 0 saturated heterocycles. The number of hydrogen-bond donors (Lipinski definition) is 0. The van der Waals surface area contributed by atoms with E-state index in [1.165, 1.54) is 0 Å². The van der Waals surface area contributed by atoms with Crippen LogP contribution < -0.4 is 0 Å². The van der Waals surface area contributed by atoms with Gasteiger partial charge in [0.05, 0.1) is 6.21 Å². The van der Waals surface area contributed by atoms with Crippen molar-refractivity contribution in [2.45, 2.75) is 0 Å². The number of aliphatic imine (C=N–C) groups is 1. The average molecular weight is 327 g/mol. The molecule has 0 aliphatic carbocycles. The molecular formula is C13H9N7S2. The molecule has 0 unspecified atom stereocenters. The Morgan fingerprint density at radius 2 is 1.77 bits per heavy atom. The van der Waals surface area contributed by atoms with Crippen molar-refractivity contribution < 1.29 is 0 Å². The van der Waals surface area contributed by atoms with Gasteiger partial charge in [-0.3, -0.25) is 0 Å². The lowest BCUT2D eigenvalue weighted by atomic mass is 10.5. The molecule has 4 aromatic heterocycles. The molecule has 0 aliphatic rings. The maximum absolute atomic E-state index is 4.33. The molecule has 0 aromatic carbocycles. The second-order valence-corrected chi connectivity index (χ2v) is 6.18. The maximum atomic E-state index is 4.33. The van der Waals surface area contributed by atoms with E-state index in [9.17, 15) is 0 Å².